The van der Waals surface area contributed by atoms with Crippen LogP contribution in [0.5, 0.6) is 0 Å². The Balaban J connectivity index is 2.64. The number of hydrogen-bond acceptors (Lipinski definition) is 3. The minimum atomic E-state index is 0.435. The number of benzene rings is 1. The van der Waals surface area contributed by atoms with Gasteiger partial charge in [0.25, 0.3) is 0 Å². The number of halogens is 1. The Labute approximate surface area is 88.5 Å². The molecule has 0 aliphatic rings. The summed E-state index contributed by atoms with van der Waals surface area (Å²) in [7, 11) is 0. The van der Waals surface area contributed by atoms with E-state index in [9.17, 15) is 0 Å². The standard InChI is InChI=1S/C10H13ClN2O/c1-8(13-14-7-6-12)9-2-4-10(11)5-3-9/h2-5H,6-7,12H2,1H3/b13-8+. The summed E-state index contributed by atoms with van der Waals surface area (Å²) in [5.41, 5.74) is 7.07. The van der Waals surface area contributed by atoms with Gasteiger partial charge in [0, 0.05) is 11.6 Å². The first-order valence-electron chi connectivity index (χ1n) is 4.36. The lowest BCUT2D eigenvalue weighted by molar-refractivity contribution is 0.152. The number of rotatable bonds is 4. The SMILES string of the molecule is C/C(=N\OCCN)c1ccc(Cl)cc1. The average molecular weight is 213 g/mol. The van der Waals surface area contributed by atoms with Crippen LogP contribution >= 0.6 is 11.6 Å². The average Bonchev–Trinajstić information content (AvgIpc) is 2.19. The van der Waals surface area contributed by atoms with Gasteiger partial charge in [0.15, 0.2) is 0 Å². The Morgan fingerprint density at radius 2 is 2.07 bits per heavy atom. The van der Waals surface area contributed by atoms with Gasteiger partial charge < -0.3 is 10.6 Å². The molecule has 1 aromatic rings. The second-order valence-corrected chi connectivity index (χ2v) is 3.24. The molecule has 0 fully saturated rings. The van der Waals surface area contributed by atoms with Crippen LogP contribution in [0, 0.1) is 0 Å². The highest BCUT2D eigenvalue weighted by Gasteiger charge is 1.97. The Morgan fingerprint density at radius 3 is 2.64 bits per heavy atom. The zero-order valence-electron chi connectivity index (χ0n) is 8.03. The molecule has 0 heterocycles. The molecule has 0 saturated heterocycles. The topological polar surface area (TPSA) is 47.6 Å². The van der Waals surface area contributed by atoms with Crippen LogP contribution in [0.3, 0.4) is 0 Å². The van der Waals surface area contributed by atoms with Gasteiger partial charge in [0.2, 0.25) is 0 Å². The molecule has 0 aromatic heterocycles. The number of nitrogens with two attached hydrogens (primary N) is 1. The van der Waals surface area contributed by atoms with Gasteiger partial charge in [-0.15, -0.1) is 0 Å². The largest absolute Gasteiger partial charge is 0.394 e. The van der Waals surface area contributed by atoms with Gasteiger partial charge in [-0.3, -0.25) is 0 Å². The second-order valence-electron chi connectivity index (χ2n) is 2.81. The Hall–Kier alpha value is -1.06. The summed E-state index contributed by atoms with van der Waals surface area (Å²) in [4.78, 5) is 4.96. The van der Waals surface area contributed by atoms with Crippen LogP contribution in [-0.4, -0.2) is 18.9 Å². The lowest BCUT2D eigenvalue weighted by atomic mass is 10.1. The van der Waals surface area contributed by atoms with Gasteiger partial charge in [-0.1, -0.05) is 28.9 Å². The highest BCUT2D eigenvalue weighted by atomic mass is 35.5. The van der Waals surface area contributed by atoms with Gasteiger partial charge in [-0.2, -0.15) is 0 Å². The molecule has 0 amide bonds. The summed E-state index contributed by atoms with van der Waals surface area (Å²) in [6, 6.07) is 7.43. The highest BCUT2D eigenvalue weighted by Crippen LogP contribution is 2.10. The van der Waals surface area contributed by atoms with E-state index < -0.39 is 0 Å². The predicted octanol–water partition coefficient (Wildman–Crippen LogP) is 2.04. The van der Waals surface area contributed by atoms with Gasteiger partial charge in [-0.25, -0.2) is 0 Å². The van der Waals surface area contributed by atoms with Crippen molar-refractivity contribution in [2.45, 2.75) is 6.92 Å². The highest BCUT2D eigenvalue weighted by molar-refractivity contribution is 6.30. The summed E-state index contributed by atoms with van der Waals surface area (Å²) in [5.74, 6) is 0. The fraction of sp³-hybridized carbons (Fsp3) is 0.300. The first-order valence-corrected chi connectivity index (χ1v) is 4.74. The fourth-order valence-corrected chi connectivity index (χ4v) is 1.06. The van der Waals surface area contributed by atoms with E-state index in [1.807, 2.05) is 31.2 Å². The molecule has 0 aliphatic carbocycles. The van der Waals surface area contributed by atoms with E-state index in [2.05, 4.69) is 5.16 Å². The van der Waals surface area contributed by atoms with E-state index >= 15 is 0 Å². The van der Waals surface area contributed by atoms with Crippen LogP contribution in [0.1, 0.15) is 12.5 Å². The second kappa shape index (κ2) is 5.62. The maximum atomic E-state index is 5.76. The van der Waals surface area contributed by atoms with E-state index in [0.29, 0.717) is 18.2 Å². The molecule has 0 unspecified atom stereocenters. The fourth-order valence-electron chi connectivity index (χ4n) is 0.939. The zero-order valence-corrected chi connectivity index (χ0v) is 8.79. The predicted molar refractivity (Wildman–Crippen MR) is 58.7 cm³/mol. The summed E-state index contributed by atoms with van der Waals surface area (Å²) < 4.78 is 0. The van der Waals surface area contributed by atoms with Crippen molar-refractivity contribution in [1.29, 1.82) is 0 Å². The van der Waals surface area contributed by atoms with Crippen LogP contribution in [0.2, 0.25) is 5.02 Å². The van der Waals surface area contributed by atoms with Crippen LogP contribution in [0.4, 0.5) is 0 Å². The normalized spacial score (nSPS) is 11.5. The number of oxime groups is 1. The smallest absolute Gasteiger partial charge is 0.129 e. The monoisotopic (exact) mass is 212 g/mol. The molecule has 0 saturated carbocycles. The first kappa shape index (κ1) is 11.0. The van der Waals surface area contributed by atoms with Crippen LogP contribution in [-0.2, 0) is 4.84 Å². The van der Waals surface area contributed by atoms with Gasteiger partial charge in [0.05, 0.1) is 5.71 Å². The molecule has 0 aliphatic heterocycles. The molecule has 0 spiro atoms. The maximum Gasteiger partial charge on any atom is 0.129 e. The molecular weight excluding hydrogens is 200 g/mol. The third-order valence-electron chi connectivity index (χ3n) is 1.67. The van der Waals surface area contributed by atoms with E-state index in [1.165, 1.54) is 0 Å². The zero-order chi connectivity index (χ0) is 10.4. The first-order chi connectivity index (χ1) is 6.74. The Bertz CT molecular complexity index is 308. The van der Waals surface area contributed by atoms with Crippen molar-refractivity contribution >= 4 is 17.3 Å². The third-order valence-corrected chi connectivity index (χ3v) is 1.92. The molecule has 14 heavy (non-hydrogen) atoms. The molecule has 2 N–H and O–H groups in total. The van der Waals surface area contributed by atoms with Crippen molar-refractivity contribution in [1.82, 2.24) is 0 Å². The lowest BCUT2D eigenvalue weighted by Crippen LogP contribution is -2.06. The van der Waals surface area contributed by atoms with Gasteiger partial charge in [0.1, 0.15) is 6.61 Å². The summed E-state index contributed by atoms with van der Waals surface area (Å²) >= 11 is 5.76. The molecule has 76 valence electrons. The van der Waals surface area contributed by atoms with E-state index in [4.69, 9.17) is 22.2 Å². The van der Waals surface area contributed by atoms with Crippen molar-refractivity contribution in [2.24, 2.45) is 10.9 Å². The molecule has 1 aromatic carbocycles. The Morgan fingerprint density at radius 1 is 1.43 bits per heavy atom. The summed E-state index contributed by atoms with van der Waals surface area (Å²) in [6.45, 7) is 2.78. The summed E-state index contributed by atoms with van der Waals surface area (Å²) in [5, 5.41) is 4.62. The van der Waals surface area contributed by atoms with Gasteiger partial charge in [-0.05, 0) is 24.6 Å². The quantitative estimate of drug-likeness (QED) is 0.472. The van der Waals surface area contributed by atoms with Crippen LogP contribution in [0.15, 0.2) is 29.4 Å². The van der Waals surface area contributed by atoms with E-state index in [1.54, 1.807) is 0 Å². The van der Waals surface area contributed by atoms with E-state index in [0.717, 1.165) is 11.3 Å². The third kappa shape index (κ3) is 3.36. The molecule has 1 rings (SSSR count). The summed E-state index contributed by atoms with van der Waals surface area (Å²) in [6.07, 6.45) is 0. The van der Waals surface area contributed by atoms with Crippen molar-refractivity contribution in [2.75, 3.05) is 13.2 Å². The van der Waals surface area contributed by atoms with E-state index in [-0.39, 0.29) is 0 Å². The van der Waals surface area contributed by atoms with Gasteiger partial charge >= 0.3 is 0 Å². The van der Waals surface area contributed by atoms with Crippen molar-refractivity contribution in [3.05, 3.63) is 34.9 Å². The molecular formula is C10H13ClN2O. The maximum absolute atomic E-state index is 5.76. The lowest BCUT2D eigenvalue weighted by Gasteiger charge is -2.01. The van der Waals surface area contributed by atoms with Crippen molar-refractivity contribution in [3.8, 4) is 0 Å². The molecule has 0 atom stereocenters. The molecule has 0 radical (unpaired) electrons. The van der Waals surface area contributed by atoms with Crippen LogP contribution in [0.25, 0.3) is 0 Å². The molecule has 4 heteroatoms. The Kier molecular flexibility index (Phi) is 4.43. The molecule has 3 nitrogen and oxygen atoms in total. The minimum absolute atomic E-state index is 0.435. The van der Waals surface area contributed by atoms with Crippen molar-refractivity contribution < 1.29 is 4.84 Å². The number of hydrogen-bond donors (Lipinski definition) is 1. The van der Waals surface area contributed by atoms with Crippen molar-refractivity contribution in [3.63, 3.8) is 0 Å². The number of nitrogens with zero attached hydrogens (tertiary/aromatic N) is 1. The molecule has 0 bridgehead atoms. The minimum Gasteiger partial charge on any atom is -0.394 e. The van der Waals surface area contributed by atoms with Crippen LogP contribution < -0.4 is 5.73 Å².